The summed E-state index contributed by atoms with van der Waals surface area (Å²) in [6.45, 7) is 3.28. The molecular weight excluding hydrogens is 258 g/mol. The van der Waals surface area contributed by atoms with E-state index in [1.165, 1.54) is 0 Å². The Labute approximate surface area is 116 Å². The summed E-state index contributed by atoms with van der Waals surface area (Å²) in [6, 6.07) is 7.56. The van der Waals surface area contributed by atoms with E-state index in [0.29, 0.717) is 31.4 Å². The van der Waals surface area contributed by atoms with Crippen molar-refractivity contribution in [3.63, 3.8) is 0 Å². The Kier molecular flexibility index (Phi) is 3.14. The summed E-state index contributed by atoms with van der Waals surface area (Å²) in [6.07, 6.45) is 0. The third-order valence-electron chi connectivity index (χ3n) is 3.33. The van der Waals surface area contributed by atoms with Gasteiger partial charge in [0.2, 0.25) is 0 Å². The summed E-state index contributed by atoms with van der Waals surface area (Å²) >= 11 is 0. The normalized spacial score (nSPS) is 15.2. The van der Waals surface area contributed by atoms with Gasteiger partial charge >= 0.3 is 5.97 Å². The predicted molar refractivity (Wildman–Crippen MR) is 74.0 cm³/mol. The van der Waals surface area contributed by atoms with E-state index in [1.807, 2.05) is 36.1 Å². The maximum atomic E-state index is 10.9. The number of benzene rings is 1. The second-order valence-corrected chi connectivity index (χ2v) is 4.71. The van der Waals surface area contributed by atoms with Gasteiger partial charge in [0, 0.05) is 13.1 Å². The first kappa shape index (κ1) is 12.7. The van der Waals surface area contributed by atoms with E-state index in [4.69, 9.17) is 9.84 Å². The summed E-state index contributed by atoms with van der Waals surface area (Å²) in [7, 11) is 0. The Morgan fingerprint density at radius 2 is 2.00 bits per heavy atom. The minimum Gasteiger partial charge on any atom is -0.481 e. The smallest absolute Gasteiger partial charge is 0.310 e. The van der Waals surface area contributed by atoms with Gasteiger partial charge in [-0.15, -0.1) is 0 Å². The second-order valence-electron chi connectivity index (χ2n) is 4.71. The number of carboxylic acids is 1. The molecule has 1 aliphatic heterocycles. The van der Waals surface area contributed by atoms with Crippen LogP contribution in [-0.4, -0.2) is 40.7 Å². The van der Waals surface area contributed by atoms with E-state index < -0.39 is 5.97 Å². The molecule has 6 nitrogen and oxygen atoms in total. The molecule has 1 aliphatic rings. The number of rotatable bonds is 4. The lowest BCUT2D eigenvalue weighted by Gasteiger charge is -2.37. The van der Waals surface area contributed by atoms with Gasteiger partial charge in [0.05, 0.1) is 23.6 Å². The molecular formula is C14H15N3O3. The standard InChI is InChI=1S/C14H15N3O3/c1-2-20-13-12(17-7-9(8-17)14(18)19)15-10-5-3-4-6-11(10)16-13/h3-6,9H,2,7-8H2,1H3,(H,18,19). The first-order valence-corrected chi connectivity index (χ1v) is 6.56. The largest absolute Gasteiger partial charge is 0.481 e. The van der Waals surface area contributed by atoms with Crippen LogP contribution in [0, 0.1) is 5.92 Å². The van der Waals surface area contributed by atoms with Crippen molar-refractivity contribution in [2.75, 3.05) is 24.6 Å². The topological polar surface area (TPSA) is 75.6 Å². The molecule has 104 valence electrons. The highest BCUT2D eigenvalue weighted by atomic mass is 16.5. The summed E-state index contributed by atoms with van der Waals surface area (Å²) < 4.78 is 5.53. The van der Waals surface area contributed by atoms with Gasteiger partial charge in [0.1, 0.15) is 0 Å². The van der Waals surface area contributed by atoms with Crippen LogP contribution in [0.4, 0.5) is 5.82 Å². The maximum absolute atomic E-state index is 10.9. The molecule has 2 aromatic rings. The molecule has 0 atom stereocenters. The molecule has 0 radical (unpaired) electrons. The van der Waals surface area contributed by atoms with Crippen molar-refractivity contribution in [1.82, 2.24) is 9.97 Å². The lowest BCUT2D eigenvalue weighted by atomic mass is 10.0. The van der Waals surface area contributed by atoms with E-state index in [2.05, 4.69) is 9.97 Å². The van der Waals surface area contributed by atoms with E-state index in [9.17, 15) is 4.79 Å². The average Bonchev–Trinajstić information content (AvgIpc) is 2.37. The molecule has 0 amide bonds. The average molecular weight is 273 g/mol. The maximum Gasteiger partial charge on any atom is 0.310 e. The quantitative estimate of drug-likeness (QED) is 0.911. The molecule has 1 N–H and O–H groups in total. The predicted octanol–water partition coefficient (Wildman–Crippen LogP) is 1.55. The molecule has 6 heteroatoms. The fourth-order valence-electron chi connectivity index (χ4n) is 2.22. The molecule has 0 aliphatic carbocycles. The van der Waals surface area contributed by atoms with Gasteiger partial charge in [-0.25, -0.2) is 9.97 Å². The van der Waals surface area contributed by atoms with Crippen LogP contribution < -0.4 is 9.64 Å². The molecule has 1 saturated heterocycles. The zero-order valence-corrected chi connectivity index (χ0v) is 11.1. The van der Waals surface area contributed by atoms with Gasteiger partial charge in [-0.1, -0.05) is 12.1 Å². The highest BCUT2D eigenvalue weighted by molar-refractivity contribution is 5.79. The number of aromatic nitrogens is 2. The van der Waals surface area contributed by atoms with Crippen molar-refractivity contribution in [3.8, 4) is 5.88 Å². The molecule has 1 fully saturated rings. The number of carbonyl (C=O) groups is 1. The highest BCUT2D eigenvalue weighted by Crippen LogP contribution is 2.31. The molecule has 0 bridgehead atoms. The van der Waals surface area contributed by atoms with Gasteiger partial charge in [-0.05, 0) is 19.1 Å². The fraction of sp³-hybridized carbons (Fsp3) is 0.357. The number of hydrogen-bond donors (Lipinski definition) is 1. The zero-order valence-electron chi connectivity index (χ0n) is 11.1. The van der Waals surface area contributed by atoms with Crippen LogP contribution in [0.15, 0.2) is 24.3 Å². The second kappa shape index (κ2) is 4.96. The van der Waals surface area contributed by atoms with Gasteiger partial charge in [-0.2, -0.15) is 0 Å². The van der Waals surface area contributed by atoms with Crippen LogP contribution >= 0.6 is 0 Å². The third-order valence-corrected chi connectivity index (χ3v) is 3.33. The van der Waals surface area contributed by atoms with Crippen LogP contribution in [0.1, 0.15) is 6.92 Å². The summed E-state index contributed by atoms with van der Waals surface area (Å²) in [4.78, 5) is 21.8. The molecule has 20 heavy (non-hydrogen) atoms. The van der Waals surface area contributed by atoms with E-state index in [1.54, 1.807) is 0 Å². The summed E-state index contributed by atoms with van der Waals surface area (Å²) in [5.41, 5.74) is 1.56. The number of aliphatic carboxylic acids is 1. The van der Waals surface area contributed by atoms with Crippen molar-refractivity contribution in [1.29, 1.82) is 0 Å². The number of para-hydroxylation sites is 2. The number of carboxylic acid groups (broad SMARTS) is 1. The Morgan fingerprint density at radius 1 is 1.35 bits per heavy atom. The van der Waals surface area contributed by atoms with Crippen LogP contribution in [-0.2, 0) is 4.79 Å². The molecule has 3 rings (SSSR count). The monoisotopic (exact) mass is 273 g/mol. The van der Waals surface area contributed by atoms with Crippen molar-refractivity contribution < 1.29 is 14.6 Å². The molecule has 1 aromatic carbocycles. The molecule has 0 saturated carbocycles. The van der Waals surface area contributed by atoms with Crippen molar-refractivity contribution >= 4 is 22.8 Å². The van der Waals surface area contributed by atoms with Gasteiger partial charge in [0.15, 0.2) is 5.82 Å². The molecule has 2 heterocycles. The Balaban J connectivity index is 1.96. The Morgan fingerprint density at radius 3 is 2.60 bits per heavy atom. The molecule has 0 spiro atoms. The zero-order chi connectivity index (χ0) is 14.1. The number of nitrogens with zero attached hydrogens (tertiary/aromatic N) is 3. The van der Waals surface area contributed by atoms with Crippen molar-refractivity contribution in [2.45, 2.75) is 6.92 Å². The van der Waals surface area contributed by atoms with Crippen LogP contribution in [0.25, 0.3) is 11.0 Å². The number of hydrogen-bond acceptors (Lipinski definition) is 5. The van der Waals surface area contributed by atoms with Gasteiger partial charge < -0.3 is 14.7 Å². The fourth-order valence-corrected chi connectivity index (χ4v) is 2.22. The first-order chi connectivity index (χ1) is 9.69. The van der Waals surface area contributed by atoms with Crippen LogP contribution in [0.2, 0.25) is 0 Å². The van der Waals surface area contributed by atoms with E-state index >= 15 is 0 Å². The van der Waals surface area contributed by atoms with Gasteiger partial charge in [-0.3, -0.25) is 4.79 Å². The van der Waals surface area contributed by atoms with Gasteiger partial charge in [0.25, 0.3) is 5.88 Å². The first-order valence-electron chi connectivity index (χ1n) is 6.56. The minimum atomic E-state index is -0.770. The lowest BCUT2D eigenvalue weighted by molar-refractivity contribution is -0.142. The number of fused-ring (bicyclic) bond motifs is 1. The summed E-state index contributed by atoms with van der Waals surface area (Å²) in [5.74, 6) is -0.0104. The molecule has 0 unspecified atom stereocenters. The third kappa shape index (κ3) is 2.13. The minimum absolute atomic E-state index is 0.335. The molecule has 1 aromatic heterocycles. The van der Waals surface area contributed by atoms with E-state index in [0.717, 1.165) is 11.0 Å². The van der Waals surface area contributed by atoms with Crippen molar-refractivity contribution in [3.05, 3.63) is 24.3 Å². The summed E-state index contributed by atoms with van der Waals surface area (Å²) in [5, 5.41) is 8.95. The van der Waals surface area contributed by atoms with E-state index in [-0.39, 0.29) is 5.92 Å². The number of ether oxygens (including phenoxy) is 1. The Hall–Kier alpha value is -2.37. The highest BCUT2D eigenvalue weighted by Gasteiger charge is 2.35. The Bertz CT molecular complexity index is 653. The number of anilines is 1. The SMILES string of the molecule is CCOc1nc2ccccc2nc1N1CC(C(=O)O)C1. The lowest BCUT2D eigenvalue weighted by Crippen LogP contribution is -2.51. The van der Waals surface area contributed by atoms with Crippen molar-refractivity contribution in [2.24, 2.45) is 5.92 Å². The van der Waals surface area contributed by atoms with Crippen LogP contribution in [0.3, 0.4) is 0 Å². The van der Waals surface area contributed by atoms with Crippen LogP contribution in [0.5, 0.6) is 5.88 Å².